The molecule has 0 amide bonds. The Morgan fingerprint density at radius 1 is 0.692 bits per heavy atom. The van der Waals surface area contributed by atoms with E-state index in [-0.39, 0.29) is 11.6 Å². The molecule has 1 heterocycles. The topological polar surface area (TPSA) is 71.5 Å². The Balaban J connectivity index is 2.09. The summed E-state index contributed by atoms with van der Waals surface area (Å²) in [6.45, 7) is 0. The molecule has 5 heteroatoms. The maximum absolute atomic E-state index is 13.7. The molecule has 4 aromatic rings. The van der Waals surface area contributed by atoms with E-state index in [0.717, 1.165) is 16.7 Å². The highest BCUT2D eigenvalue weighted by Gasteiger charge is 2.45. The first-order valence-electron chi connectivity index (χ1n) is 8.28. The van der Waals surface area contributed by atoms with Crippen LogP contribution in [-0.2, 0) is 5.41 Å². The van der Waals surface area contributed by atoms with Crippen molar-refractivity contribution in [1.29, 1.82) is 0 Å². The predicted molar refractivity (Wildman–Crippen MR) is 97.7 cm³/mol. The van der Waals surface area contributed by atoms with Crippen molar-refractivity contribution in [1.82, 2.24) is 20.6 Å². The van der Waals surface area contributed by atoms with Gasteiger partial charge in [-0.3, -0.25) is 4.79 Å². The second-order valence-electron chi connectivity index (χ2n) is 5.91. The first kappa shape index (κ1) is 15.9. The molecule has 4 rings (SSSR count). The number of carbonyl (C=O) groups excluding carboxylic acids is 1. The molecule has 0 atom stereocenters. The Morgan fingerprint density at radius 3 is 1.46 bits per heavy atom. The average Bonchev–Trinajstić information content (AvgIpc) is 3.26. The molecule has 0 fully saturated rings. The summed E-state index contributed by atoms with van der Waals surface area (Å²) >= 11 is 0. The van der Waals surface area contributed by atoms with Gasteiger partial charge in [0.25, 0.3) is 0 Å². The number of tetrazole rings is 1. The second kappa shape index (κ2) is 6.72. The minimum atomic E-state index is -1.06. The normalized spacial score (nSPS) is 11.2. The number of Topliss-reactive ketones (excluding diaryl/α,β-unsaturated/α-hetero) is 1. The van der Waals surface area contributed by atoms with Crippen LogP contribution in [0.4, 0.5) is 0 Å². The number of aromatic nitrogens is 4. The molecular formula is C21H16N4O. The highest BCUT2D eigenvalue weighted by molar-refractivity contribution is 6.06. The number of benzene rings is 3. The number of ketones is 1. The fourth-order valence-electron chi connectivity index (χ4n) is 3.38. The van der Waals surface area contributed by atoms with Gasteiger partial charge in [-0.15, -0.1) is 10.2 Å². The van der Waals surface area contributed by atoms with Gasteiger partial charge in [0, 0.05) is 0 Å². The molecule has 0 aliphatic rings. The molecular weight excluding hydrogens is 324 g/mol. The molecule has 0 radical (unpaired) electrons. The Bertz CT molecular complexity index is 887. The molecule has 26 heavy (non-hydrogen) atoms. The molecule has 0 bridgehead atoms. The van der Waals surface area contributed by atoms with E-state index >= 15 is 0 Å². The van der Waals surface area contributed by atoms with Crippen molar-refractivity contribution in [3.05, 3.63) is 114 Å². The molecule has 1 N–H and O–H groups in total. The van der Waals surface area contributed by atoms with Crippen LogP contribution in [0.2, 0.25) is 0 Å². The van der Waals surface area contributed by atoms with Crippen LogP contribution >= 0.6 is 0 Å². The number of H-pyrrole nitrogens is 1. The molecule has 0 unspecified atom stereocenters. The van der Waals surface area contributed by atoms with E-state index in [9.17, 15) is 4.79 Å². The number of hydrogen-bond donors (Lipinski definition) is 1. The lowest BCUT2D eigenvalue weighted by Crippen LogP contribution is -2.39. The summed E-state index contributed by atoms with van der Waals surface area (Å²) in [6.07, 6.45) is 0. The van der Waals surface area contributed by atoms with Crippen LogP contribution in [-0.4, -0.2) is 26.4 Å². The zero-order valence-corrected chi connectivity index (χ0v) is 13.9. The largest absolute Gasteiger partial charge is 0.289 e. The summed E-state index contributed by atoms with van der Waals surface area (Å²) in [5.41, 5.74) is 1.50. The lowest BCUT2D eigenvalue weighted by atomic mass is 9.66. The molecule has 0 saturated carbocycles. The van der Waals surface area contributed by atoms with Gasteiger partial charge in [-0.05, 0) is 21.9 Å². The van der Waals surface area contributed by atoms with E-state index < -0.39 is 5.41 Å². The molecule has 1 aromatic heterocycles. The maximum Gasteiger partial charge on any atom is 0.241 e. The first-order chi connectivity index (χ1) is 12.8. The highest BCUT2D eigenvalue weighted by atomic mass is 16.1. The Morgan fingerprint density at radius 2 is 1.12 bits per heavy atom. The maximum atomic E-state index is 13.7. The Labute approximate surface area is 150 Å². The molecule has 126 valence electrons. The van der Waals surface area contributed by atoms with Crippen molar-refractivity contribution in [3.8, 4) is 0 Å². The lowest BCUT2D eigenvalue weighted by molar-refractivity contribution is 0.0924. The van der Waals surface area contributed by atoms with Gasteiger partial charge in [0.05, 0.1) is 0 Å². The van der Waals surface area contributed by atoms with Gasteiger partial charge in [-0.25, -0.2) is 0 Å². The third-order valence-electron chi connectivity index (χ3n) is 4.51. The fourth-order valence-corrected chi connectivity index (χ4v) is 3.38. The van der Waals surface area contributed by atoms with Gasteiger partial charge in [0.15, 0.2) is 0 Å². The lowest BCUT2D eigenvalue weighted by Gasteiger charge is -2.33. The van der Waals surface area contributed by atoms with E-state index in [1.807, 2.05) is 91.0 Å². The summed E-state index contributed by atoms with van der Waals surface area (Å²) in [5, 5.41) is 13.9. The first-order valence-corrected chi connectivity index (χ1v) is 8.28. The minimum Gasteiger partial charge on any atom is -0.289 e. The van der Waals surface area contributed by atoms with Gasteiger partial charge in [0.1, 0.15) is 5.41 Å². The van der Waals surface area contributed by atoms with Crippen molar-refractivity contribution in [2.45, 2.75) is 5.41 Å². The average molecular weight is 340 g/mol. The van der Waals surface area contributed by atoms with Crippen LogP contribution in [0.3, 0.4) is 0 Å². The molecule has 0 spiro atoms. The van der Waals surface area contributed by atoms with E-state index in [2.05, 4.69) is 20.6 Å². The molecule has 5 nitrogen and oxygen atoms in total. The van der Waals surface area contributed by atoms with E-state index in [0.29, 0.717) is 0 Å². The monoisotopic (exact) mass is 340 g/mol. The number of carbonyl (C=O) groups is 1. The summed E-state index contributed by atoms with van der Waals surface area (Å²) < 4.78 is 0. The zero-order chi connectivity index (χ0) is 17.8. The molecule has 0 aliphatic carbocycles. The summed E-state index contributed by atoms with van der Waals surface area (Å²) in [6, 6.07) is 29.1. The van der Waals surface area contributed by atoms with Crippen molar-refractivity contribution in [2.24, 2.45) is 0 Å². The number of hydrogen-bond acceptors (Lipinski definition) is 4. The third kappa shape index (κ3) is 2.50. The number of nitrogens with one attached hydrogen (secondary N) is 1. The van der Waals surface area contributed by atoms with Crippen LogP contribution in [0.15, 0.2) is 91.0 Å². The van der Waals surface area contributed by atoms with Gasteiger partial charge < -0.3 is 0 Å². The zero-order valence-electron chi connectivity index (χ0n) is 13.9. The summed E-state index contributed by atoms with van der Waals surface area (Å²) in [4.78, 5) is 13.7. The van der Waals surface area contributed by atoms with Crippen molar-refractivity contribution in [3.63, 3.8) is 0 Å². The number of rotatable bonds is 5. The SMILES string of the molecule is O=C(c1nn[nH]n1)C(c1ccccc1)(c1ccccc1)c1ccccc1. The van der Waals surface area contributed by atoms with Crippen LogP contribution in [0.25, 0.3) is 0 Å². The fraction of sp³-hybridized carbons (Fsp3) is 0.0476. The summed E-state index contributed by atoms with van der Waals surface area (Å²) in [5.74, 6) is -0.170. The Hall–Kier alpha value is -3.60. The van der Waals surface area contributed by atoms with Crippen LogP contribution in [0.5, 0.6) is 0 Å². The molecule has 3 aromatic carbocycles. The standard InChI is InChI=1S/C21H16N4O/c26-19(20-22-24-25-23-20)21(16-10-4-1-5-11-16,17-12-6-2-7-13-17)18-14-8-3-9-15-18/h1-15H,(H,22,23,24,25). The van der Waals surface area contributed by atoms with E-state index in [1.165, 1.54) is 0 Å². The minimum absolute atomic E-state index is 0.0570. The highest BCUT2D eigenvalue weighted by Crippen LogP contribution is 2.41. The van der Waals surface area contributed by atoms with Crippen LogP contribution in [0.1, 0.15) is 27.3 Å². The molecule has 0 saturated heterocycles. The van der Waals surface area contributed by atoms with Gasteiger partial charge >= 0.3 is 0 Å². The van der Waals surface area contributed by atoms with E-state index in [1.54, 1.807) is 0 Å². The van der Waals surface area contributed by atoms with Gasteiger partial charge in [-0.2, -0.15) is 5.21 Å². The Kier molecular flexibility index (Phi) is 4.11. The van der Waals surface area contributed by atoms with Gasteiger partial charge in [0.2, 0.25) is 11.6 Å². The molecule has 0 aliphatic heterocycles. The van der Waals surface area contributed by atoms with Crippen molar-refractivity contribution < 1.29 is 4.79 Å². The van der Waals surface area contributed by atoms with E-state index in [4.69, 9.17) is 0 Å². The quantitative estimate of drug-likeness (QED) is 0.446. The van der Waals surface area contributed by atoms with Gasteiger partial charge in [-0.1, -0.05) is 91.0 Å². The number of nitrogens with zero attached hydrogens (tertiary/aromatic N) is 3. The smallest absolute Gasteiger partial charge is 0.241 e. The van der Waals surface area contributed by atoms with Crippen LogP contribution in [0, 0.1) is 0 Å². The predicted octanol–water partition coefficient (Wildman–Crippen LogP) is 3.42. The van der Waals surface area contributed by atoms with Crippen LogP contribution < -0.4 is 0 Å². The third-order valence-corrected chi connectivity index (χ3v) is 4.51. The number of aromatic amines is 1. The second-order valence-corrected chi connectivity index (χ2v) is 5.91. The van der Waals surface area contributed by atoms with Crippen molar-refractivity contribution >= 4 is 5.78 Å². The van der Waals surface area contributed by atoms with Crippen molar-refractivity contribution in [2.75, 3.05) is 0 Å². The summed E-state index contributed by atoms with van der Waals surface area (Å²) in [7, 11) is 0.